The number of benzene rings is 1. The number of carbonyl (C=O) groups excluding carboxylic acids is 1. The molecule has 1 aliphatic rings. The number of hydrogen-bond donors (Lipinski definition) is 0. The van der Waals surface area contributed by atoms with E-state index in [1.54, 1.807) is 23.3 Å². The first-order valence-corrected chi connectivity index (χ1v) is 7.71. The van der Waals surface area contributed by atoms with Crippen molar-refractivity contribution in [2.75, 3.05) is 7.11 Å². The van der Waals surface area contributed by atoms with Gasteiger partial charge < -0.3 is 14.1 Å². The summed E-state index contributed by atoms with van der Waals surface area (Å²) in [6.07, 6.45) is 3.42. The predicted molar refractivity (Wildman–Crippen MR) is 86.0 cm³/mol. The van der Waals surface area contributed by atoms with E-state index in [0.29, 0.717) is 5.76 Å². The summed E-state index contributed by atoms with van der Waals surface area (Å²) in [7, 11) is 1.36. The number of nitrogens with zero attached hydrogens (tertiary/aromatic N) is 2. The Morgan fingerprint density at radius 2 is 2.17 bits per heavy atom. The Hall–Kier alpha value is -2.83. The molecule has 0 spiro atoms. The van der Waals surface area contributed by atoms with Crippen molar-refractivity contribution in [3.8, 4) is 5.75 Å². The number of methoxy groups -OCH3 is 1. The van der Waals surface area contributed by atoms with Crippen molar-refractivity contribution >= 4 is 11.6 Å². The van der Waals surface area contributed by atoms with Crippen molar-refractivity contribution in [2.45, 2.75) is 31.8 Å². The van der Waals surface area contributed by atoms with Gasteiger partial charge in [0.2, 0.25) is 0 Å². The SMILES string of the molecule is COc1ccc(C(=O)N(C2CC2)C(C)c2ccco2)cc1[N+](=O)[O-]. The number of rotatable bonds is 6. The molecule has 1 fully saturated rings. The number of hydrogen-bond acceptors (Lipinski definition) is 5. The highest BCUT2D eigenvalue weighted by Crippen LogP contribution is 2.37. The van der Waals surface area contributed by atoms with Gasteiger partial charge in [-0.05, 0) is 44.0 Å². The maximum Gasteiger partial charge on any atom is 0.311 e. The molecule has 1 atom stereocenters. The Morgan fingerprint density at radius 3 is 2.71 bits per heavy atom. The average molecular weight is 330 g/mol. The highest BCUT2D eigenvalue weighted by Gasteiger charge is 2.38. The molecule has 1 aliphatic carbocycles. The van der Waals surface area contributed by atoms with Gasteiger partial charge in [-0.1, -0.05) is 0 Å². The first-order valence-electron chi connectivity index (χ1n) is 7.71. The summed E-state index contributed by atoms with van der Waals surface area (Å²) in [5.74, 6) is 0.582. The standard InChI is InChI=1S/C17H18N2O5/c1-11(15-4-3-9-24-15)18(13-6-7-13)17(20)12-5-8-16(23-2)14(10-12)19(21)22/h3-5,8-11,13H,6-7H2,1-2H3. The zero-order chi connectivity index (χ0) is 17.3. The van der Waals surface area contributed by atoms with Gasteiger partial charge >= 0.3 is 5.69 Å². The Morgan fingerprint density at radius 1 is 1.42 bits per heavy atom. The monoisotopic (exact) mass is 330 g/mol. The van der Waals surface area contributed by atoms with Crippen LogP contribution in [0.25, 0.3) is 0 Å². The molecule has 0 aliphatic heterocycles. The Bertz CT molecular complexity index is 752. The molecule has 7 nitrogen and oxygen atoms in total. The summed E-state index contributed by atoms with van der Waals surface area (Å²) in [5, 5.41) is 11.2. The van der Waals surface area contributed by atoms with Crippen LogP contribution in [0.3, 0.4) is 0 Å². The van der Waals surface area contributed by atoms with Crippen molar-refractivity contribution < 1.29 is 18.9 Å². The summed E-state index contributed by atoms with van der Waals surface area (Å²) >= 11 is 0. The van der Waals surface area contributed by atoms with Gasteiger partial charge in [-0.3, -0.25) is 14.9 Å². The Kier molecular flexibility index (Phi) is 4.24. The summed E-state index contributed by atoms with van der Waals surface area (Å²) in [6.45, 7) is 1.90. The lowest BCUT2D eigenvalue weighted by atomic mass is 10.1. The van der Waals surface area contributed by atoms with Crippen LogP contribution >= 0.6 is 0 Å². The van der Waals surface area contributed by atoms with E-state index in [2.05, 4.69) is 0 Å². The van der Waals surface area contributed by atoms with Crippen LogP contribution in [0.1, 0.15) is 41.9 Å². The van der Waals surface area contributed by atoms with Gasteiger partial charge in [0.15, 0.2) is 5.75 Å². The number of nitro benzene ring substituents is 1. The second-order valence-electron chi connectivity index (χ2n) is 5.78. The molecule has 2 aromatic rings. The fraction of sp³-hybridized carbons (Fsp3) is 0.353. The van der Waals surface area contributed by atoms with Crippen molar-refractivity contribution in [1.82, 2.24) is 4.90 Å². The Balaban J connectivity index is 1.93. The van der Waals surface area contributed by atoms with E-state index in [1.807, 2.05) is 13.0 Å². The third kappa shape index (κ3) is 2.97. The van der Waals surface area contributed by atoms with E-state index >= 15 is 0 Å². The minimum atomic E-state index is -0.549. The smallest absolute Gasteiger partial charge is 0.311 e. The van der Waals surface area contributed by atoms with Crippen LogP contribution in [0.4, 0.5) is 5.69 Å². The highest BCUT2D eigenvalue weighted by molar-refractivity contribution is 5.95. The minimum absolute atomic E-state index is 0.133. The van der Waals surface area contributed by atoms with Gasteiger partial charge in [-0.2, -0.15) is 0 Å². The van der Waals surface area contributed by atoms with Gasteiger partial charge in [0.25, 0.3) is 5.91 Å². The first-order chi connectivity index (χ1) is 11.5. The van der Waals surface area contributed by atoms with Crippen LogP contribution in [-0.4, -0.2) is 28.9 Å². The maximum atomic E-state index is 13.0. The van der Waals surface area contributed by atoms with E-state index in [1.165, 1.54) is 19.2 Å². The molecule has 0 radical (unpaired) electrons. The molecule has 0 bridgehead atoms. The number of furan rings is 1. The van der Waals surface area contributed by atoms with Gasteiger partial charge in [0.05, 0.1) is 24.3 Å². The summed E-state index contributed by atoms with van der Waals surface area (Å²) in [6, 6.07) is 7.78. The molecular formula is C17H18N2O5. The van der Waals surface area contributed by atoms with Crippen LogP contribution < -0.4 is 4.74 Å². The second-order valence-corrected chi connectivity index (χ2v) is 5.78. The van der Waals surface area contributed by atoms with E-state index in [0.717, 1.165) is 12.8 Å². The molecule has 126 valence electrons. The topological polar surface area (TPSA) is 85.8 Å². The molecule has 24 heavy (non-hydrogen) atoms. The molecule has 1 aromatic carbocycles. The molecule has 1 heterocycles. The Labute approximate surface area is 139 Å². The van der Waals surface area contributed by atoms with Crippen LogP contribution in [0, 0.1) is 10.1 Å². The predicted octanol–water partition coefficient (Wildman–Crippen LogP) is 3.56. The van der Waals surface area contributed by atoms with E-state index in [-0.39, 0.29) is 35.0 Å². The van der Waals surface area contributed by atoms with Crippen molar-refractivity contribution in [1.29, 1.82) is 0 Å². The van der Waals surface area contributed by atoms with Crippen LogP contribution in [0.2, 0.25) is 0 Å². The lowest BCUT2D eigenvalue weighted by molar-refractivity contribution is -0.385. The van der Waals surface area contributed by atoms with Gasteiger partial charge in [-0.25, -0.2) is 0 Å². The molecule has 1 aromatic heterocycles. The van der Waals surface area contributed by atoms with Crippen LogP contribution in [0.5, 0.6) is 5.75 Å². The number of ether oxygens (including phenoxy) is 1. The lowest BCUT2D eigenvalue weighted by Gasteiger charge is -2.28. The molecule has 7 heteroatoms. The van der Waals surface area contributed by atoms with Crippen molar-refractivity contribution in [3.63, 3.8) is 0 Å². The minimum Gasteiger partial charge on any atom is -0.490 e. The first kappa shape index (κ1) is 16.0. The van der Waals surface area contributed by atoms with Gasteiger partial charge in [0, 0.05) is 17.7 Å². The molecule has 1 unspecified atom stereocenters. The number of nitro groups is 1. The van der Waals surface area contributed by atoms with Gasteiger partial charge in [-0.15, -0.1) is 0 Å². The van der Waals surface area contributed by atoms with Crippen molar-refractivity contribution in [2.24, 2.45) is 0 Å². The van der Waals surface area contributed by atoms with Crippen LogP contribution in [0.15, 0.2) is 41.0 Å². The zero-order valence-electron chi connectivity index (χ0n) is 13.5. The second kappa shape index (κ2) is 6.35. The number of amides is 1. The normalized spacial score (nSPS) is 14.9. The maximum absolute atomic E-state index is 13.0. The van der Waals surface area contributed by atoms with E-state index in [9.17, 15) is 14.9 Å². The van der Waals surface area contributed by atoms with E-state index in [4.69, 9.17) is 9.15 Å². The van der Waals surface area contributed by atoms with Crippen LogP contribution in [-0.2, 0) is 0 Å². The molecule has 3 rings (SSSR count). The summed E-state index contributed by atoms with van der Waals surface area (Å²) < 4.78 is 10.4. The van der Waals surface area contributed by atoms with Crippen molar-refractivity contribution in [3.05, 3.63) is 58.0 Å². The fourth-order valence-corrected chi connectivity index (χ4v) is 2.79. The highest BCUT2D eigenvalue weighted by atomic mass is 16.6. The molecule has 0 N–H and O–H groups in total. The van der Waals surface area contributed by atoms with Gasteiger partial charge in [0.1, 0.15) is 5.76 Å². The molecule has 1 amide bonds. The third-order valence-corrected chi connectivity index (χ3v) is 4.17. The molecular weight excluding hydrogens is 312 g/mol. The summed E-state index contributed by atoms with van der Waals surface area (Å²) in [4.78, 5) is 25.3. The fourth-order valence-electron chi connectivity index (χ4n) is 2.79. The number of carbonyl (C=O) groups is 1. The third-order valence-electron chi connectivity index (χ3n) is 4.17. The average Bonchev–Trinajstić information content (AvgIpc) is 3.25. The zero-order valence-corrected chi connectivity index (χ0v) is 13.5. The summed E-state index contributed by atoms with van der Waals surface area (Å²) in [5.41, 5.74) is 0.0533. The lowest BCUT2D eigenvalue weighted by Crippen LogP contribution is -2.35. The largest absolute Gasteiger partial charge is 0.490 e. The quantitative estimate of drug-likeness (QED) is 0.597. The van der Waals surface area contributed by atoms with E-state index < -0.39 is 4.92 Å². The molecule has 0 saturated heterocycles. The molecule has 1 saturated carbocycles.